The normalized spacial score (nSPS) is 12.3. The van der Waals surface area contributed by atoms with E-state index in [1.807, 2.05) is 11.3 Å². The molecule has 4 heteroatoms. The minimum atomic E-state index is 1.19. The van der Waals surface area contributed by atoms with Gasteiger partial charge in [0.05, 0.1) is 44.5 Å². The van der Waals surface area contributed by atoms with Crippen LogP contribution < -0.4 is 0 Å². The van der Waals surface area contributed by atoms with Crippen molar-refractivity contribution < 1.29 is 0 Å². The van der Waals surface area contributed by atoms with Gasteiger partial charge in [-0.1, -0.05) is 78.9 Å². The van der Waals surface area contributed by atoms with E-state index in [0.29, 0.717) is 0 Å². The smallest absolute Gasteiger partial charge is 0.0563 e. The lowest BCUT2D eigenvalue weighted by atomic mass is 10.1. The van der Waals surface area contributed by atoms with E-state index in [1.54, 1.807) is 0 Å². The first kappa shape index (κ1) is 24.5. The summed E-state index contributed by atoms with van der Waals surface area (Å²) in [7, 11) is 0. The first-order valence-electron chi connectivity index (χ1n) is 15.7. The fourth-order valence-electron chi connectivity index (χ4n) is 8.08. The maximum absolute atomic E-state index is 2.50. The van der Waals surface area contributed by atoms with E-state index in [1.165, 1.54) is 91.9 Å². The average molecular weight is 604 g/mol. The fourth-order valence-corrected chi connectivity index (χ4v) is 9.20. The molecule has 11 aromatic rings. The molecule has 0 unspecified atom stereocenters. The van der Waals surface area contributed by atoms with Gasteiger partial charge in [-0.05, 0) is 72.8 Å². The van der Waals surface area contributed by atoms with Crippen molar-refractivity contribution in [3.63, 3.8) is 0 Å². The molecule has 11 rings (SSSR count). The van der Waals surface area contributed by atoms with Crippen molar-refractivity contribution >= 4 is 86.2 Å². The first-order valence-corrected chi connectivity index (χ1v) is 16.5. The van der Waals surface area contributed by atoms with Gasteiger partial charge in [-0.2, -0.15) is 0 Å². The maximum Gasteiger partial charge on any atom is 0.0563 e. The van der Waals surface area contributed by atoms with E-state index in [2.05, 4.69) is 165 Å². The molecule has 0 N–H and O–H groups in total. The number of thiophene rings is 1. The van der Waals surface area contributed by atoms with E-state index in [9.17, 15) is 0 Å². The van der Waals surface area contributed by atoms with Crippen molar-refractivity contribution in [2.24, 2.45) is 0 Å². The van der Waals surface area contributed by atoms with E-state index < -0.39 is 0 Å². The van der Waals surface area contributed by atoms with Gasteiger partial charge >= 0.3 is 0 Å². The number of fused-ring (bicyclic) bond motifs is 6. The molecule has 214 valence electrons. The molecule has 0 spiro atoms. The second kappa shape index (κ2) is 8.87. The molecule has 0 bridgehead atoms. The van der Waals surface area contributed by atoms with Gasteiger partial charge in [-0.15, -0.1) is 11.3 Å². The summed E-state index contributed by atoms with van der Waals surface area (Å²) >= 11 is 1.87. The van der Waals surface area contributed by atoms with Crippen LogP contribution in [0.1, 0.15) is 0 Å². The van der Waals surface area contributed by atoms with Crippen LogP contribution >= 0.6 is 11.3 Å². The van der Waals surface area contributed by atoms with Crippen LogP contribution in [-0.2, 0) is 0 Å². The number of hydrogen-bond donors (Lipinski definition) is 0. The van der Waals surface area contributed by atoms with Gasteiger partial charge in [0.15, 0.2) is 0 Å². The molecule has 7 aromatic carbocycles. The fraction of sp³-hybridized carbons (Fsp3) is 0. The van der Waals surface area contributed by atoms with Crippen LogP contribution in [0.4, 0.5) is 0 Å². The van der Waals surface area contributed by atoms with Gasteiger partial charge in [0.1, 0.15) is 0 Å². The summed E-state index contributed by atoms with van der Waals surface area (Å²) < 4.78 is 10.0. The van der Waals surface area contributed by atoms with Crippen LogP contribution in [0.25, 0.3) is 91.9 Å². The zero-order valence-electron chi connectivity index (χ0n) is 24.7. The number of para-hydroxylation sites is 2. The third kappa shape index (κ3) is 3.02. The predicted octanol–water partition coefficient (Wildman–Crippen LogP) is 11.6. The second-order valence-corrected chi connectivity index (χ2v) is 13.2. The molecule has 0 saturated carbocycles. The van der Waals surface area contributed by atoms with Crippen molar-refractivity contribution in [3.05, 3.63) is 152 Å². The van der Waals surface area contributed by atoms with E-state index in [-0.39, 0.29) is 0 Å². The van der Waals surface area contributed by atoms with Crippen molar-refractivity contribution in [2.75, 3.05) is 0 Å². The predicted molar refractivity (Wildman–Crippen MR) is 196 cm³/mol. The molecule has 0 fully saturated rings. The van der Waals surface area contributed by atoms with Gasteiger partial charge in [-0.25, -0.2) is 0 Å². The highest BCUT2D eigenvalue weighted by Crippen LogP contribution is 2.46. The van der Waals surface area contributed by atoms with Gasteiger partial charge in [0.25, 0.3) is 0 Å². The second-order valence-electron chi connectivity index (χ2n) is 12.1. The lowest BCUT2D eigenvalue weighted by Gasteiger charge is -2.14. The van der Waals surface area contributed by atoms with Gasteiger partial charge < -0.3 is 13.7 Å². The molecule has 0 aliphatic heterocycles. The van der Waals surface area contributed by atoms with Gasteiger partial charge in [0.2, 0.25) is 0 Å². The monoisotopic (exact) mass is 603 g/mol. The molecule has 0 amide bonds. The third-order valence-corrected chi connectivity index (χ3v) is 10.9. The number of hydrogen-bond acceptors (Lipinski definition) is 1. The Morgan fingerprint density at radius 1 is 0.304 bits per heavy atom. The lowest BCUT2D eigenvalue weighted by molar-refractivity contribution is 1.16. The Balaban J connectivity index is 1.28. The summed E-state index contributed by atoms with van der Waals surface area (Å²) in [4.78, 5) is 0. The summed E-state index contributed by atoms with van der Waals surface area (Å²) in [5, 5.41) is 7.78. The van der Waals surface area contributed by atoms with Crippen molar-refractivity contribution in [1.29, 1.82) is 0 Å². The lowest BCUT2D eigenvalue weighted by Crippen LogP contribution is -1.99. The molecule has 4 heterocycles. The molecular formula is C42H25N3S. The molecule has 0 aliphatic carbocycles. The zero-order valence-corrected chi connectivity index (χ0v) is 25.5. The van der Waals surface area contributed by atoms with Crippen LogP contribution in [0.3, 0.4) is 0 Å². The highest BCUT2D eigenvalue weighted by atomic mass is 32.1. The largest absolute Gasteiger partial charge is 0.309 e. The molecule has 46 heavy (non-hydrogen) atoms. The number of benzene rings is 7. The Morgan fingerprint density at radius 2 is 0.783 bits per heavy atom. The van der Waals surface area contributed by atoms with Crippen molar-refractivity contribution in [2.45, 2.75) is 0 Å². The van der Waals surface area contributed by atoms with Crippen LogP contribution in [-0.4, -0.2) is 13.7 Å². The highest BCUT2D eigenvalue weighted by molar-refractivity contribution is 7.25. The summed E-state index contributed by atoms with van der Waals surface area (Å²) in [5.74, 6) is 0. The number of aromatic nitrogens is 3. The molecule has 0 saturated heterocycles. The standard InChI is InChI=1S/C42H25N3S/c1-2-12-26(13-3-1)43-33-19-9-21-35-41(33)42-34(43)20-10-22-36(42)45(35)31-18-8-17-30-39(31)27-14-4-6-16-29(27)44(30)32-23-11-25-38-40(32)28-15-5-7-24-37(28)46-38/h1-25H. The Kier molecular flexibility index (Phi) is 4.72. The third-order valence-electron chi connectivity index (χ3n) is 9.81. The van der Waals surface area contributed by atoms with Gasteiger partial charge in [0, 0.05) is 47.4 Å². The zero-order chi connectivity index (χ0) is 29.9. The summed E-state index contributed by atoms with van der Waals surface area (Å²) in [6.45, 7) is 0. The summed E-state index contributed by atoms with van der Waals surface area (Å²) in [6.07, 6.45) is 0. The molecule has 3 nitrogen and oxygen atoms in total. The Hall–Kier alpha value is -5.84. The first-order chi connectivity index (χ1) is 22.9. The Bertz CT molecular complexity index is 2900. The Morgan fingerprint density at radius 3 is 1.52 bits per heavy atom. The molecule has 0 aliphatic rings. The highest BCUT2D eigenvalue weighted by Gasteiger charge is 2.25. The van der Waals surface area contributed by atoms with Gasteiger partial charge in [-0.3, -0.25) is 0 Å². The van der Waals surface area contributed by atoms with Crippen molar-refractivity contribution in [1.82, 2.24) is 13.7 Å². The molecule has 0 radical (unpaired) electrons. The minimum absolute atomic E-state index is 1.19. The molecule has 0 atom stereocenters. The van der Waals surface area contributed by atoms with Crippen LogP contribution in [0, 0.1) is 0 Å². The SMILES string of the molecule is c1ccc(-n2c3cccc4c3c3c2cccc3n4-c2cccc3c2c2ccccc2n3-c2cccc3sc4ccccc4c23)cc1. The number of rotatable bonds is 3. The van der Waals surface area contributed by atoms with E-state index in [0.717, 1.165) is 0 Å². The van der Waals surface area contributed by atoms with E-state index >= 15 is 0 Å². The molecular weight excluding hydrogens is 579 g/mol. The maximum atomic E-state index is 2.50. The molecule has 4 aromatic heterocycles. The topological polar surface area (TPSA) is 14.8 Å². The summed E-state index contributed by atoms with van der Waals surface area (Å²) in [5.41, 5.74) is 11.0. The average Bonchev–Trinajstić information content (AvgIpc) is 3.85. The summed E-state index contributed by atoms with van der Waals surface area (Å²) in [6, 6.07) is 55.5. The van der Waals surface area contributed by atoms with Crippen molar-refractivity contribution in [3.8, 4) is 17.1 Å². The number of nitrogens with zero attached hydrogens (tertiary/aromatic N) is 3. The minimum Gasteiger partial charge on any atom is -0.309 e. The Labute approximate surface area is 267 Å². The van der Waals surface area contributed by atoms with Crippen LogP contribution in [0.5, 0.6) is 0 Å². The quantitative estimate of drug-likeness (QED) is 0.191. The van der Waals surface area contributed by atoms with Crippen LogP contribution in [0.15, 0.2) is 152 Å². The van der Waals surface area contributed by atoms with E-state index in [4.69, 9.17) is 0 Å². The van der Waals surface area contributed by atoms with Crippen LogP contribution in [0.2, 0.25) is 0 Å².